The van der Waals surface area contributed by atoms with E-state index in [4.69, 9.17) is 0 Å². The Kier molecular flexibility index (Phi) is 14.7. The average molecular weight is 397 g/mol. The minimum Gasteiger partial charge on any atom is -0.290 e. The highest BCUT2D eigenvalue weighted by Gasteiger charge is 2.17. The Morgan fingerprint density at radius 1 is 0.724 bits per heavy atom. The van der Waals surface area contributed by atoms with Crippen LogP contribution in [-0.2, 0) is 9.59 Å². The van der Waals surface area contributed by atoms with Crippen LogP contribution in [0.5, 0.6) is 0 Å². The van der Waals surface area contributed by atoms with Crippen LogP contribution in [0.15, 0.2) is 48.1 Å². The fourth-order valence-electron chi connectivity index (χ4n) is 3.35. The molecule has 2 nitrogen and oxygen atoms in total. The minimum atomic E-state index is -0.293. The fraction of sp³-hybridized carbons (Fsp3) is 0.556. The minimum absolute atomic E-state index is 0.254. The lowest BCUT2D eigenvalue weighted by atomic mass is 9.96. The van der Waals surface area contributed by atoms with Crippen molar-refractivity contribution in [2.45, 2.75) is 97.3 Å². The Bertz CT molecular complexity index is 625. The third-order valence-electron chi connectivity index (χ3n) is 5.16. The lowest BCUT2D eigenvalue weighted by molar-refractivity contribution is -0.134. The monoisotopic (exact) mass is 396 g/mol. The molecule has 29 heavy (non-hydrogen) atoms. The van der Waals surface area contributed by atoms with Crippen molar-refractivity contribution in [3.63, 3.8) is 0 Å². The second-order valence-corrected chi connectivity index (χ2v) is 7.86. The van der Waals surface area contributed by atoms with Crippen LogP contribution in [-0.4, -0.2) is 11.6 Å². The van der Waals surface area contributed by atoms with Crippen molar-refractivity contribution >= 4 is 17.6 Å². The summed E-state index contributed by atoms with van der Waals surface area (Å²) in [7, 11) is 0. The molecule has 0 bridgehead atoms. The highest BCUT2D eigenvalue weighted by molar-refractivity contribution is 6.44. The summed E-state index contributed by atoms with van der Waals surface area (Å²) in [5.74, 6) is -0.548. The standard InChI is InChI=1S/C27H40O2/c1-3-5-7-9-10-11-12-13-18-22-26(28)27(29)25(21-17-8-6-4-2)23-24-19-15-14-16-20-24/h12-16,19-20,23H,3-11,17-18,21-22H2,1-2H3. The molecule has 0 atom stereocenters. The lowest BCUT2D eigenvalue weighted by Crippen LogP contribution is -2.16. The first-order valence-corrected chi connectivity index (χ1v) is 11.7. The number of Topliss-reactive ketones (excluding diaryl/α,β-unsaturated/α-hetero) is 2. The van der Waals surface area contributed by atoms with Gasteiger partial charge in [-0.3, -0.25) is 9.59 Å². The van der Waals surface area contributed by atoms with Gasteiger partial charge in [-0.2, -0.15) is 0 Å². The zero-order valence-electron chi connectivity index (χ0n) is 18.6. The molecular weight excluding hydrogens is 356 g/mol. The van der Waals surface area contributed by atoms with E-state index in [2.05, 4.69) is 26.0 Å². The largest absolute Gasteiger partial charge is 0.290 e. The van der Waals surface area contributed by atoms with Gasteiger partial charge in [-0.15, -0.1) is 0 Å². The fourth-order valence-corrected chi connectivity index (χ4v) is 3.35. The van der Waals surface area contributed by atoms with E-state index in [1.54, 1.807) is 0 Å². The van der Waals surface area contributed by atoms with Crippen molar-refractivity contribution in [2.75, 3.05) is 0 Å². The topological polar surface area (TPSA) is 34.1 Å². The summed E-state index contributed by atoms with van der Waals surface area (Å²) >= 11 is 0. The zero-order chi connectivity index (χ0) is 21.2. The molecule has 0 fully saturated rings. The summed E-state index contributed by atoms with van der Waals surface area (Å²) in [5, 5.41) is 0. The van der Waals surface area contributed by atoms with Crippen LogP contribution in [0.1, 0.15) is 103 Å². The molecule has 0 N–H and O–H groups in total. The number of hydrogen-bond acceptors (Lipinski definition) is 2. The molecule has 0 aliphatic carbocycles. The van der Waals surface area contributed by atoms with E-state index in [9.17, 15) is 9.59 Å². The molecule has 0 heterocycles. The summed E-state index contributed by atoms with van der Waals surface area (Å²) in [6, 6.07) is 9.83. The molecule has 160 valence electrons. The van der Waals surface area contributed by atoms with Gasteiger partial charge in [-0.05, 0) is 43.7 Å². The Hall–Kier alpha value is -1.96. The maximum Gasteiger partial charge on any atom is 0.224 e. The zero-order valence-corrected chi connectivity index (χ0v) is 18.6. The van der Waals surface area contributed by atoms with E-state index in [1.807, 2.05) is 36.4 Å². The Balaban J connectivity index is 2.50. The van der Waals surface area contributed by atoms with E-state index in [0.717, 1.165) is 31.2 Å². The molecule has 2 heteroatoms. The van der Waals surface area contributed by atoms with Crippen LogP contribution in [0.4, 0.5) is 0 Å². The van der Waals surface area contributed by atoms with Crippen LogP contribution in [0.3, 0.4) is 0 Å². The van der Waals surface area contributed by atoms with Crippen molar-refractivity contribution in [3.05, 3.63) is 53.6 Å². The van der Waals surface area contributed by atoms with Crippen LogP contribution < -0.4 is 0 Å². The lowest BCUT2D eigenvalue weighted by Gasteiger charge is -2.06. The summed E-state index contributed by atoms with van der Waals surface area (Å²) in [6.07, 6.45) is 19.6. The van der Waals surface area contributed by atoms with Gasteiger partial charge in [0, 0.05) is 12.0 Å². The Morgan fingerprint density at radius 2 is 1.34 bits per heavy atom. The summed E-state index contributed by atoms with van der Waals surface area (Å²) in [5.41, 5.74) is 1.65. The normalized spacial score (nSPS) is 11.9. The Morgan fingerprint density at radius 3 is 2.03 bits per heavy atom. The molecule has 0 aliphatic heterocycles. The summed E-state index contributed by atoms with van der Waals surface area (Å²) < 4.78 is 0. The smallest absolute Gasteiger partial charge is 0.224 e. The predicted molar refractivity (Wildman–Crippen MR) is 125 cm³/mol. The number of carbonyl (C=O) groups excluding carboxylic acids is 2. The third kappa shape index (κ3) is 12.3. The molecule has 1 aromatic rings. The number of hydrogen-bond donors (Lipinski definition) is 0. The molecule has 0 radical (unpaired) electrons. The van der Waals surface area contributed by atoms with Crippen LogP contribution >= 0.6 is 0 Å². The highest BCUT2D eigenvalue weighted by atomic mass is 16.2. The maximum atomic E-state index is 12.7. The van der Waals surface area contributed by atoms with E-state index in [0.29, 0.717) is 24.8 Å². The molecule has 0 amide bonds. The quantitative estimate of drug-likeness (QED) is 0.116. The number of ketones is 2. The molecule has 1 rings (SSSR count). The number of benzene rings is 1. The van der Waals surface area contributed by atoms with E-state index < -0.39 is 0 Å². The molecular formula is C27H40O2. The molecule has 0 unspecified atom stereocenters. The molecule has 0 saturated carbocycles. The van der Waals surface area contributed by atoms with Crippen LogP contribution in [0.25, 0.3) is 6.08 Å². The van der Waals surface area contributed by atoms with E-state index in [-0.39, 0.29) is 11.6 Å². The SMILES string of the molecule is CCCCCCCC=CCCC(=O)C(=O)C(=Cc1ccccc1)CCCCCC. The maximum absolute atomic E-state index is 12.7. The Labute approximate surface area is 178 Å². The summed E-state index contributed by atoms with van der Waals surface area (Å²) in [4.78, 5) is 25.2. The highest BCUT2D eigenvalue weighted by Crippen LogP contribution is 2.17. The number of unbranched alkanes of at least 4 members (excludes halogenated alkanes) is 8. The molecule has 0 spiro atoms. The van der Waals surface area contributed by atoms with Gasteiger partial charge in [0.25, 0.3) is 0 Å². The number of carbonyl (C=O) groups is 2. The van der Waals surface area contributed by atoms with Gasteiger partial charge in [0.2, 0.25) is 11.6 Å². The predicted octanol–water partition coefficient (Wildman–Crippen LogP) is 7.88. The van der Waals surface area contributed by atoms with Gasteiger partial charge in [0.05, 0.1) is 0 Å². The molecule has 1 aromatic carbocycles. The first-order chi connectivity index (χ1) is 14.2. The third-order valence-corrected chi connectivity index (χ3v) is 5.16. The van der Waals surface area contributed by atoms with Crippen molar-refractivity contribution in [3.8, 4) is 0 Å². The second-order valence-electron chi connectivity index (χ2n) is 7.86. The van der Waals surface area contributed by atoms with E-state index >= 15 is 0 Å². The molecule has 0 aromatic heterocycles. The van der Waals surface area contributed by atoms with Crippen molar-refractivity contribution in [1.82, 2.24) is 0 Å². The van der Waals surface area contributed by atoms with Crippen molar-refractivity contribution in [1.29, 1.82) is 0 Å². The van der Waals surface area contributed by atoms with E-state index in [1.165, 1.54) is 38.5 Å². The number of rotatable bonds is 17. The second kappa shape index (κ2) is 16.9. The van der Waals surface area contributed by atoms with Crippen LogP contribution in [0, 0.1) is 0 Å². The summed E-state index contributed by atoms with van der Waals surface area (Å²) in [6.45, 7) is 4.40. The van der Waals surface area contributed by atoms with Gasteiger partial charge in [-0.1, -0.05) is 101 Å². The van der Waals surface area contributed by atoms with Gasteiger partial charge < -0.3 is 0 Å². The number of allylic oxidation sites excluding steroid dienone is 3. The first kappa shape index (κ1) is 25.1. The van der Waals surface area contributed by atoms with Gasteiger partial charge in [0.15, 0.2) is 0 Å². The van der Waals surface area contributed by atoms with Gasteiger partial charge in [-0.25, -0.2) is 0 Å². The van der Waals surface area contributed by atoms with Gasteiger partial charge >= 0.3 is 0 Å². The molecule has 0 aliphatic rings. The average Bonchev–Trinajstić information content (AvgIpc) is 2.74. The van der Waals surface area contributed by atoms with Crippen LogP contribution in [0.2, 0.25) is 0 Å². The van der Waals surface area contributed by atoms with Crippen molar-refractivity contribution < 1.29 is 9.59 Å². The van der Waals surface area contributed by atoms with Crippen molar-refractivity contribution in [2.24, 2.45) is 0 Å². The van der Waals surface area contributed by atoms with Gasteiger partial charge in [0.1, 0.15) is 0 Å². The molecule has 0 saturated heterocycles. The first-order valence-electron chi connectivity index (χ1n) is 11.7.